The number of halogens is 1. The standard InChI is InChI=1S/C32H38N3.ClHO4/c1-7-35(8-2)31(28-23-19-26(4)20-24-28)16-12-15-30(27-21-17-25(3)18-22-27)33-32(34(5)6)29-13-10-9-11-14-29;2-1(3,4)5/h9-24H,7-8H2,1-6H3;(H,2,3,4,5)/q+1;/p-1. The van der Waals surface area contributed by atoms with Crippen LogP contribution >= 0.6 is 0 Å². The molecule has 0 unspecified atom stereocenters. The average molecular weight is 564 g/mol. The van der Waals surface area contributed by atoms with E-state index >= 15 is 0 Å². The van der Waals surface area contributed by atoms with Gasteiger partial charge in [-0.3, -0.25) is 4.58 Å². The number of aryl methyl sites for hydroxylation is 2. The molecule has 0 fully saturated rings. The lowest BCUT2D eigenvalue weighted by Crippen LogP contribution is -2.68. The van der Waals surface area contributed by atoms with Crippen molar-refractivity contribution in [2.75, 3.05) is 27.2 Å². The molecule has 0 aliphatic heterocycles. The summed E-state index contributed by atoms with van der Waals surface area (Å²) in [4.78, 5) is 7.53. The van der Waals surface area contributed by atoms with Crippen LogP contribution in [-0.4, -0.2) is 48.2 Å². The van der Waals surface area contributed by atoms with E-state index in [0.717, 1.165) is 35.8 Å². The van der Waals surface area contributed by atoms with Crippen LogP contribution in [0.15, 0.2) is 102 Å². The van der Waals surface area contributed by atoms with Crippen LogP contribution in [0.4, 0.5) is 0 Å². The van der Waals surface area contributed by atoms with Crippen LogP contribution < -0.4 is 18.6 Å². The first-order chi connectivity index (χ1) is 18.9. The number of rotatable bonds is 8. The second kappa shape index (κ2) is 15.9. The van der Waals surface area contributed by atoms with Gasteiger partial charge >= 0.3 is 5.84 Å². The Bertz CT molecular complexity index is 1310. The summed E-state index contributed by atoms with van der Waals surface area (Å²) in [6.45, 7) is 10.5. The summed E-state index contributed by atoms with van der Waals surface area (Å²) in [5, 5.41) is 0. The van der Waals surface area contributed by atoms with E-state index in [1.807, 2.05) is 20.2 Å². The van der Waals surface area contributed by atoms with Crippen molar-refractivity contribution in [2.45, 2.75) is 27.7 Å². The molecule has 3 rings (SSSR count). The molecule has 212 valence electrons. The van der Waals surface area contributed by atoms with Gasteiger partial charge < -0.3 is 4.90 Å². The molecule has 3 aromatic rings. The molecular formula is C32H38ClN3O4. The summed E-state index contributed by atoms with van der Waals surface area (Å²) in [5.74, 6) is 0.928. The van der Waals surface area contributed by atoms with Gasteiger partial charge in [0.2, 0.25) is 0 Å². The first-order valence-electron chi connectivity index (χ1n) is 13.0. The summed E-state index contributed by atoms with van der Waals surface area (Å²) < 4.78 is 36.0. The van der Waals surface area contributed by atoms with Crippen molar-refractivity contribution in [3.63, 3.8) is 0 Å². The number of benzene rings is 3. The molecule has 0 saturated heterocycles. The molecule has 3 aromatic carbocycles. The largest absolute Gasteiger partial charge is 0.372 e. The Morgan fingerprint density at radius 1 is 0.750 bits per heavy atom. The van der Waals surface area contributed by atoms with E-state index in [4.69, 9.17) is 23.6 Å². The number of nitrogens with zero attached hydrogens (tertiary/aromatic N) is 3. The third-order valence-electron chi connectivity index (χ3n) is 5.99. The lowest BCUT2D eigenvalue weighted by molar-refractivity contribution is -2.00. The molecule has 0 radical (unpaired) electrons. The second-order valence-corrected chi connectivity index (χ2v) is 10.0. The van der Waals surface area contributed by atoms with Gasteiger partial charge in [-0.2, -0.15) is 0 Å². The summed E-state index contributed by atoms with van der Waals surface area (Å²) in [5.41, 5.74) is 8.06. The van der Waals surface area contributed by atoms with Crippen molar-refractivity contribution in [1.82, 2.24) is 4.90 Å². The van der Waals surface area contributed by atoms with Crippen LogP contribution in [0.1, 0.15) is 41.7 Å². The Kier molecular flexibility index (Phi) is 12.9. The number of allylic oxidation sites excluding steroid dienone is 3. The molecule has 0 atom stereocenters. The summed E-state index contributed by atoms with van der Waals surface area (Å²) in [7, 11) is -0.865. The van der Waals surface area contributed by atoms with Gasteiger partial charge in [-0.25, -0.2) is 18.6 Å². The van der Waals surface area contributed by atoms with Crippen molar-refractivity contribution in [2.24, 2.45) is 4.99 Å². The van der Waals surface area contributed by atoms with E-state index in [9.17, 15) is 0 Å². The van der Waals surface area contributed by atoms with Gasteiger partial charge in [-0.1, -0.05) is 83.9 Å². The van der Waals surface area contributed by atoms with Crippen LogP contribution in [0.3, 0.4) is 0 Å². The molecule has 0 aliphatic carbocycles. The SMILES string of the molecule is CCN(CC)/C(=C\C=C\C(=NC(c1ccccc1)=[N+](C)C)c1ccc(C)cc1)c1ccc(C)cc1.[O-][Cl+3]([O-])([O-])[O-]. The molecule has 0 N–H and O–H groups in total. The van der Waals surface area contributed by atoms with Gasteiger partial charge in [-0.05, 0) is 62.5 Å². The zero-order valence-corrected chi connectivity index (χ0v) is 24.8. The smallest absolute Gasteiger partial charge is 0.325 e. The minimum Gasteiger partial charge on any atom is -0.372 e. The van der Waals surface area contributed by atoms with Crippen molar-refractivity contribution in [3.05, 3.63) is 125 Å². The molecule has 0 amide bonds. The molecule has 0 spiro atoms. The quantitative estimate of drug-likeness (QED) is 0.180. The first-order valence-corrected chi connectivity index (χ1v) is 14.2. The third-order valence-corrected chi connectivity index (χ3v) is 5.99. The Labute approximate surface area is 240 Å². The monoisotopic (exact) mass is 563 g/mol. The Hall–Kier alpha value is -3.59. The van der Waals surface area contributed by atoms with Gasteiger partial charge in [0.15, 0.2) is 5.71 Å². The predicted molar refractivity (Wildman–Crippen MR) is 152 cm³/mol. The maximum Gasteiger partial charge on any atom is 0.325 e. The molecular weight excluding hydrogens is 526 g/mol. The Balaban J connectivity index is 0.00000103. The highest BCUT2D eigenvalue weighted by atomic mass is 35.7. The fourth-order valence-corrected chi connectivity index (χ4v) is 3.95. The van der Waals surface area contributed by atoms with Crippen molar-refractivity contribution in [1.29, 1.82) is 0 Å². The molecule has 0 aromatic heterocycles. The molecule has 0 bridgehead atoms. The molecule has 0 heterocycles. The van der Waals surface area contributed by atoms with Crippen LogP contribution in [-0.2, 0) is 0 Å². The maximum atomic E-state index is 8.49. The van der Waals surface area contributed by atoms with E-state index in [0.29, 0.717) is 0 Å². The van der Waals surface area contributed by atoms with Gasteiger partial charge in [0.25, 0.3) is 0 Å². The maximum absolute atomic E-state index is 8.49. The van der Waals surface area contributed by atoms with E-state index < -0.39 is 10.2 Å². The fraction of sp³-hybridized carbons (Fsp3) is 0.250. The Morgan fingerprint density at radius 2 is 1.23 bits per heavy atom. The topological polar surface area (TPSA) is 111 Å². The van der Waals surface area contributed by atoms with Crippen LogP contribution in [0.25, 0.3) is 5.70 Å². The summed E-state index contributed by atoms with van der Waals surface area (Å²) in [6, 6.07) is 27.7. The van der Waals surface area contributed by atoms with Crippen molar-refractivity contribution in [3.8, 4) is 0 Å². The van der Waals surface area contributed by atoms with Gasteiger partial charge in [0.1, 0.15) is 0 Å². The van der Waals surface area contributed by atoms with Gasteiger partial charge in [-0.15, -0.1) is 10.2 Å². The van der Waals surface area contributed by atoms with E-state index in [1.54, 1.807) is 0 Å². The molecule has 40 heavy (non-hydrogen) atoms. The first kappa shape index (κ1) is 32.6. The number of aliphatic imine (C=N–C) groups is 1. The molecule has 0 saturated carbocycles. The fourth-order valence-electron chi connectivity index (χ4n) is 3.95. The number of hydrogen-bond acceptors (Lipinski definition) is 5. The van der Waals surface area contributed by atoms with Gasteiger partial charge in [0.05, 0.1) is 19.7 Å². The number of amidine groups is 1. The molecule has 7 nitrogen and oxygen atoms in total. The van der Waals surface area contributed by atoms with E-state index in [-0.39, 0.29) is 0 Å². The molecule has 0 aliphatic rings. The van der Waals surface area contributed by atoms with Crippen LogP contribution in [0.2, 0.25) is 0 Å². The average Bonchev–Trinajstić information content (AvgIpc) is 2.90. The lowest BCUT2D eigenvalue weighted by Gasteiger charge is -2.24. The Morgan fingerprint density at radius 3 is 1.68 bits per heavy atom. The number of hydrogen-bond donors (Lipinski definition) is 0. The highest BCUT2D eigenvalue weighted by molar-refractivity contribution is 6.16. The molecule has 8 heteroatoms. The van der Waals surface area contributed by atoms with Crippen LogP contribution in [0.5, 0.6) is 0 Å². The minimum absolute atomic E-state index is 0.927. The highest BCUT2D eigenvalue weighted by Crippen LogP contribution is 2.20. The second-order valence-electron chi connectivity index (χ2n) is 9.27. The van der Waals surface area contributed by atoms with Gasteiger partial charge in [0, 0.05) is 24.4 Å². The normalized spacial score (nSPS) is 12.2. The zero-order chi connectivity index (χ0) is 29.7. The zero-order valence-electron chi connectivity index (χ0n) is 24.0. The van der Waals surface area contributed by atoms with Crippen LogP contribution in [0, 0.1) is 24.1 Å². The van der Waals surface area contributed by atoms with E-state index in [1.165, 1.54) is 22.4 Å². The van der Waals surface area contributed by atoms with Crippen molar-refractivity contribution < 1.29 is 33.5 Å². The minimum atomic E-state index is -4.94. The summed E-state index contributed by atoms with van der Waals surface area (Å²) >= 11 is 0. The predicted octanol–water partition coefficient (Wildman–Crippen LogP) is 1.99. The highest BCUT2D eigenvalue weighted by Gasteiger charge is 2.16. The van der Waals surface area contributed by atoms with Crippen molar-refractivity contribution >= 4 is 17.2 Å². The third kappa shape index (κ3) is 11.3. The lowest BCUT2D eigenvalue weighted by atomic mass is 10.1. The summed E-state index contributed by atoms with van der Waals surface area (Å²) in [6.07, 6.45) is 6.46. The van der Waals surface area contributed by atoms with E-state index in [2.05, 4.69) is 128 Å².